The van der Waals surface area contributed by atoms with Crippen LogP contribution in [0.25, 0.3) is 0 Å². The molecule has 0 spiro atoms. The third-order valence-electron chi connectivity index (χ3n) is 5.26. The van der Waals surface area contributed by atoms with E-state index in [1.165, 1.54) is 0 Å². The molecule has 0 unspecified atom stereocenters. The first kappa shape index (κ1) is 22.4. The molecule has 1 atom stereocenters. The second kappa shape index (κ2) is 10.1. The monoisotopic (exact) mass is 423 g/mol. The maximum atomic E-state index is 12.7. The molecule has 0 bridgehead atoms. The highest BCUT2D eigenvalue weighted by molar-refractivity contribution is 5.94. The molecule has 2 aromatic carbocycles. The van der Waals surface area contributed by atoms with E-state index >= 15 is 0 Å². The van der Waals surface area contributed by atoms with Crippen molar-refractivity contribution in [3.8, 4) is 11.5 Å². The average molecular weight is 424 g/mol. The molecule has 0 aliphatic heterocycles. The lowest BCUT2D eigenvalue weighted by molar-refractivity contribution is 0.0941. The molecule has 0 radical (unpaired) electrons. The highest BCUT2D eigenvalue weighted by Gasteiger charge is 2.19. The van der Waals surface area contributed by atoms with Crippen molar-refractivity contribution in [1.29, 1.82) is 0 Å². The topological polar surface area (TPSA) is 76.8 Å². The number of likely N-dealkylation sites (N-methyl/N-ethyl adjacent to an activating group) is 1. The van der Waals surface area contributed by atoms with Crippen molar-refractivity contribution < 1.29 is 18.8 Å². The number of aryl methyl sites for hydroxylation is 2. The van der Waals surface area contributed by atoms with Crippen molar-refractivity contribution >= 4 is 5.91 Å². The third-order valence-corrected chi connectivity index (χ3v) is 5.26. The van der Waals surface area contributed by atoms with Gasteiger partial charge in [0.05, 0.1) is 24.4 Å². The second-order valence-electron chi connectivity index (χ2n) is 7.55. The number of para-hydroxylation sites is 1. The molecule has 0 aliphatic rings. The molecule has 31 heavy (non-hydrogen) atoms. The zero-order valence-corrected chi connectivity index (χ0v) is 18.6. The Balaban J connectivity index is 1.61. The van der Waals surface area contributed by atoms with Gasteiger partial charge in [-0.1, -0.05) is 23.4 Å². The Morgan fingerprint density at radius 3 is 2.45 bits per heavy atom. The van der Waals surface area contributed by atoms with Crippen molar-refractivity contribution in [1.82, 2.24) is 15.4 Å². The molecule has 7 nitrogen and oxygen atoms in total. The predicted octanol–water partition coefficient (Wildman–Crippen LogP) is 3.91. The summed E-state index contributed by atoms with van der Waals surface area (Å²) in [6.45, 7) is 4.57. The smallest absolute Gasteiger partial charge is 0.251 e. The molecule has 164 valence electrons. The molecule has 3 aromatic rings. The number of aromatic nitrogens is 1. The molecule has 1 N–H and O–H groups in total. The Morgan fingerprint density at radius 1 is 1.13 bits per heavy atom. The van der Waals surface area contributed by atoms with E-state index in [0.717, 1.165) is 28.3 Å². The van der Waals surface area contributed by atoms with Crippen LogP contribution >= 0.6 is 0 Å². The van der Waals surface area contributed by atoms with Gasteiger partial charge >= 0.3 is 0 Å². The summed E-state index contributed by atoms with van der Waals surface area (Å²) >= 11 is 0. The number of ether oxygens (including phenoxy) is 2. The summed E-state index contributed by atoms with van der Waals surface area (Å²) in [4.78, 5) is 14.7. The second-order valence-corrected chi connectivity index (χ2v) is 7.55. The lowest BCUT2D eigenvalue weighted by Crippen LogP contribution is -2.34. The number of carbonyl (C=O) groups excluding carboxylic acids is 1. The zero-order valence-electron chi connectivity index (χ0n) is 18.6. The van der Waals surface area contributed by atoms with E-state index < -0.39 is 0 Å². The lowest BCUT2D eigenvalue weighted by Gasteiger charge is -2.26. The highest BCUT2D eigenvalue weighted by atomic mass is 16.5. The molecule has 1 aromatic heterocycles. The lowest BCUT2D eigenvalue weighted by atomic mass is 10.0. The molecule has 1 amide bonds. The van der Waals surface area contributed by atoms with Gasteiger partial charge in [0.1, 0.15) is 23.9 Å². The zero-order chi connectivity index (χ0) is 22.4. The van der Waals surface area contributed by atoms with Crippen LogP contribution in [0.1, 0.15) is 39.0 Å². The first-order valence-electron chi connectivity index (χ1n) is 10.1. The van der Waals surface area contributed by atoms with Crippen molar-refractivity contribution in [3.63, 3.8) is 0 Å². The molecule has 0 aliphatic carbocycles. The summed E-state index contributed by atoms with van der Waals surface area (Å²) in [5, 5.41) is 6.95. The van der Waals surface area contributed by atoms with Crippen molar-refractivity contribution in [3.05, 3.63) is 76.7 Å². The first-order chi connectivity index (χ1) is 14.9. The van der Waals surface area contributed by atoms with Crippen molar-refractivity contribution in [2.75, 3.05) is 27.7 Å². The standard InChI is InChI=1S/C24H29N3O4/c1-16-21(17(2)31-26-16)15-30-19-12-10-18(11-13-19)24(28)25-14-22(27(3)4)20-8-6-7-9-23(20)29-5/h6-13,22H,14-15H2,1-5H3,(H,25,28)/t22-/m0/s1. The summed E-state index contributed by atoms with van der Waals surface area (Å²) < 4.78 is 16.4. The van der Waals surface area contributed by atoms with Crippen LogP contribution in [0.15, 0.2) is 53.1 Å². The van der Waals surface area contributed by atoms with Crippen LogP contribution in [0.5, 0.6) is 11.5 Å². The van der Waals surface area contributed by atoms with E-state index in [-0.39, 0.29) is 11.9 Å². The molecule has 1 heterocycles. The quantitative estimate of drug-likeness (QED) is 0.562. The van der Waals surface area contributed by atoms with Crippen LogP contribution in [-0.2, 0) is 6.61 Å². The van der Waals surface area contributed by atoms with E-state index in [1.54, 1.807) is 31.4 Å². The summed E-state index contributed by atoms with van der Waals surface area (Å²) in [5.74, 6) is 2.09. The minimum atomic E-state index is -0.140. The Morgan fingerprint density at radius 2 is 1.84 bits per heavy atom. The van der Waals surface area contributed by atoms with E-state index in [2.05, 4.69) is 15.4 Å². The summed E-state index contributed by atoms with van der Waals surface area (Å²) in [5.41, 5.74) is 3.35. The summed E-state index contributed by atoms with van der Waals surface area (Å²) in [6, 6.07) is 14.9. The van der Waals surface area contributed by atoms with Crippen LogP contribution in [-0.4, -0.2) is 43.7 Å². The number of amides is 1. The van der Waals surface area contributed by atoms with Crippen LogP contribution in [0.3, 0.4) is 0 Å². The van der Waals surface area contributed by atoms with Crippen molar-refractivity contribution in [2.45, 2.75) is 26.5 Å². The van der Waals surface area contributed by atoms with Gasteiger partial charge in [-0.15, -0.1) is 0 Å². The van der Waals surface area contributed by atoms with E-state index in [9.17, 15) is 4.79 Å². The fourth-order valence-corrected chi connectivity index (χ4v) is 3.37. The van der Waals surface area contributed by atoms with Gasteiger partial charge in [0.15, 0.2) is 0 Å². The number of hydrogen-bond acceptors (Lipinski definition) is 6. The van der Waals surface area contributed by atoms with Gasteiger partial charge in [-0.2, -0.15) is 0 Å². The van der Waals surface area contributed by atoms with E-state index in [1.807, 2.05) is 52.2 Å². The number of nitrogens with one attached hydrogen (secondary N) is 1. The number of hydrogen-bond donors (Lipinski definition) is 1. The molecular weight excluding hydrogens is 394 g/mol. The highest BCUT2D eigenvalue weighted by Crippen LogP contribution is 2.27. The Hall–Kier alpha value is -3.32. The molecular formula is C24H29N3O4. The van der Waals surface area contributed by atoms with Gasteiger partial charge in [-0.05, 0) is 58.3 Å². The number of benzene rings is 2. The van der Waals surface area contributed by atoms with Gasteiger partial charge in [0.2, 0.25) is 0 Å². The predicted molar refractivity (Wildman–Crippen MR) is 119 cm³/mol. The fraction of sp³-hybridized carbons (Fsp3) is 0.333. The van der Waals surface area contributed by atoms with Gasteiger partial charge in [-0.3, -0.25) is 4.79 Å². The van der Waals surface area contributed by atoms with Crippen LogP contribution in [0.4, 0.5) is 0 Å². The summed E-state index contributed by atoms with van der Waals surface area (Å²) in [7, 11) is 5.61. The van der Waals surface area contributed by atoms with Gasteiger partial charge < -0.3 is 24.2 Å². The van der Waals surface area contributed by atoms with Crippen LogP contribution in [0, 0.1) is 13.8 Å². The van der Waals surface area contributed by atoms with Gasteiger partial charge in [0, 0.05) is 17.7 Å². The third kappa shape index (κ3) is 5.44. The Bertz CT molecular complexity index is 992. The molecule has 7 heteroatoms. The minimum absolute atomic E-state index is 0.0160. The average Bonchev–Trinajstić information content (AvgIpc) is 3.10. The number of carbonyl (C=O) groups is 1. The minimum Gasteiger partial charge on any atom is -0.496 e. The first-order valence-corrected chi connectivity index (χ1v) is 10.1. The van der Waals surface area contributed by atoms with Gasteiger partial charge in [-0.25, -0.2) is 0 Å². The molecule has 3 rings (SSSR count). The van der Waals surface area contributed by atoms with Crippen LogP contribution in [0.2, 0.25) is 0 Å². The number of nitrogens with zero attached hydrogens (tertiary/aromatic N) is 2. The molecule has 0 saturated carbocycles. The normalized spacial score (nSPS) is 11.9. The Kier molecular flexibility index (Phi) is 7.31. The van der Waals surface area contributed by atoms with Gasteiger partial charge in [0.25, 0.3) is 5.91 Å². The maximum Gasteiger partial charge on any atom is 0.251 e. The number of rotatable bonds is 9. The maximum absolute atomic E-state index is 12.7. The van der Waals surface area contributed by atoms with E-state index in [4.69, 9.17) is 14.0 Å². The fourth-order valence-electron chi connectivity index (χ4n) is 3.37. The van der Waals surface area contributed by atoms with Crippen LogP contribution < -0.4 is 14.8 Å². The summed E-state index contributed by atoms with van der Waals surface area (Å²) in [6.07, 6.45) is 0. The van der Waals surface area contributed by atoms with E-state index in [0.29, 0.717) is 24.5 Å². The molecule has 0 saturated heterocycles. The largest absolute Gasteiger partial charge is 0.496 e. The SMILES string of the molecule is COc1ccccc1[C@H](CNC(=O)c1ccc(OCc2c(C)noc2C)cc1)N(C)C. The Labute approximate surface area is 182 Å². The molecule has 0 fully saturated rings. The van der Waals surface area contributed by atoms with Crippen molar-refractivity contribution in [2.24, 2.45) is 0 Å². The number of methoxy groups -OCH3 is 1.